The van der Waals surface area contributed by atoms with Crippen molar-refractivity contribution < 1.29 is 0 Å². The molecule has 0 amide bonds. The van der Waals surface area contributed by atoms with E-state index in [4.69, 9.17) is 23.8 Å². The summed E-state index contributed by atoms with van der Waals surface area (Å²) in [4.78, 5) is 9.59. The minimum Gasteiger partial charge on any atom is -0.376 e. The molecule has 1 N–H and O–H groups in total. The lowest BCUT2D eigenvalue weighted by atomic mass is 10.2. The molecule has 0 aliphatic rings. The van der Waals surface area contributed by atoms with Crippen LogP contribution in [-0.4, -0.2) is 28.6 Å². The molecular formula is C14H13ClN4S. The molecule has 6 heteroatoms. The summed E-state index contributed by atoms with van der Waals surface area (Å²) in [6.45, 7) is 0. The van der Waals surface area contributed by atoms with Gasteiger partial charge in [0, 0.05) is 20.3 Å². The van der Waals surface area contributed by atoms with Crippen LogP contribution < -0.4 is 4.90 Å². The van der Waals surface area contributed by atoms with Gasteiger partial charge in [-0.2, -0.15) is 0 Å². The highest BCUT2D eigenvalue weighted by atomic mass is 35.5. The van der Waals surface area contributed by atoms with Crippen molar-refractivity contribution in [1.29, 1.82) is 0 Å². The van der Waals surface area contributed by atoms with E-state index in [9.17, 15) is 0 Å². The Morgan fingerprint density at radius 3 is 2.80 bits per heavy atom. The van der Waals surface area contributed by atoms with Gasteiger partial charge in [-0.1, -0.05) is 23.7 Å². The Bertz CT molecular complexity index is 835. The van der Waals surface area contributed by atoms with Crippen LogP contribution in [0.1, 0.15) is 0 Å². The predicted octanol–water partition coefficient (Wildman–Crippen LogP) is 3.80. The molecule has 0 unspecified atom stereocenters. The molecule has 0 aliphatic heterocycles. The van der Waals surface area contributed by atoms with Crippen molar-refractivity contribution in [2.75, 3.05) is 19.0 Å². The first-order chi connectivity index (χ1) is 9.58. The largest absolute Gasteiger partial charge is 0.376 e. The van der Waals surface area contributed by atoms with E-state index >= 15 is 0 Å². The number of rotatable bonds is 2. The third kappa shape index (κ3) is 2.09. The van der Waals surface area contributed by atoms with Gasteiger partial charge in [-0.05, 0) is 30.4 Å². The Kier molecular flexibility index (Phi) is 3.23. The van der Waals surface area contributed by atoms with Gasteiger partial charge in [-0.25, -0.2) is 4.98 Å². The van der Waals surface area contributed by atoms with Gasteiger partial charge in [0.15, 0.2) is 10.4 Å². The number of hydrogen-bond acceptors (Lipinski definition) is 3. The number of nitrogens with zero attached hydrogens (tertiary/aromatic N) is 3. The Balaban J connectivity index is 2.36. The second-order valence-electron chi connectivity index (χ2n) is 4.67. The Labute approximate surface area is 126 Å². The summed E-state index contributed by atoms with van der Waals surface area (Å²) in [6, 6.07) is 9.88. The molecule has 0 saturated carbocycles. The average molecular weight is 305 g/mol. The number of anilines is 1. The van der Waals surface area contributed by atoms with Crippen molar-refractivity contribution in [1.82, 2.24) is 14.5 Å². The zero-order chi connectivity index (χ0) is 14.3. The molecule has 102 valence electrons. The Morgan fingerprint density at radius 2 is 2.05 bits per heavy atom. The maximum atomic E-state index is 5.97. The van der Waals surface area contributed by atoms with Crippen LogP contribution in [0.2, 0.25) is 5.02 Å². The molecule has 0 atom stereocenters. The van der Waals surface area contributed by atoms with Crippen molar-refractivity contribution in [3.8, 4) is 5.69 Å². The lowest BCUT2D eigenvalue weighted by molar-refractivity contribution is 1.02. The van der Waals surface area contributed by atoms with Crippen molar-refractivity contribution in [3.05, 3.63) is 46.3 Å². The first-order valence-corrected chi connectivity index (χ1v) is 6.89. The monoisotopic (exact) mass is 304 g/mol. The molecule has 3 aromatic rings. The van der Waals surface area contributed by atoms with Gasteiger partial charge in [0.2, 0.25) is 0 Å². The number of H-pyrrole nitrogens is 1. The van der Waals surface area contributed by atoms with E-state index in [0.29, 0.717) is 9.79 Å². The summed E-state index contributed by atoms with van der Waals surface area (Å²) in [5, 5.41) is 0.585. The van der Waals surface area contributed by atoms with Crippen LogP contribution in [0.3, 0.4) is 0 Å². The zero-order valence-electron chi connectivity index (χ0n) is 11.1. The van der Waals surface area contributed by atoms with E-state index in [1.807, 2.05) is 53.9 Å². The van der Waals surface area contributed by atoms with Gasteiger partial charge in [0.05, 0.1) is 21.9 Å². The van der Waals surface area contributed by atoms with Crippen molar-refractivity contribution in [2.45, 2.75) is 0 Å². The Hall–Kier alpha value is -1.85. The standard InChI is InChI=1S/C14H13ClN4S/c1-18(2)11-5-3-4-6-12(11)19-13-10(17-14(19)20)7-9(15)8-16-13/h3-8H,1-2H3,(H,17,20). The van der Waals surface area contributed by atoms with Crippen molar-refractivity contribution >= 4 is 40.7 Å². The molecule has 3 rings (SSSR count). The van der Waals surface area contributed by atoms with E-state index in [2.05, 4.69) is 9.97 Å². The first kappa shape index (κ1) is 13.1. The number of pyridine rings is 1. The van der Waals surface area contributed by atoms with Crippen LogP contribution in [-0.2, 0) is 0 Å². The van der Waals surface area contributed by atoms with Crippen molar-refractivity contribution in [2.24, 2.45) is 0 Å². The maximum Gasteiger partial charge on any atom is 0.184 e. The number of fused-ring (bicyclic) bond motifs is 1. The molecule has 0 radical (unpaired) electrons. The number of imidazole rings is 1. The molecule has 20 heavy (non-hydrogen) atoms. The van der Waals surface area contributed by atoms with Crippen LogP contribution >= 0.6 is 23.8 Å². The molecule has 2 heterocycles. The zero-order valence-corrected chi connectivity index (χ0v) is 12.7. The van der Waals surface area contributed by atoms with Crippen molar-refractivity contribution in [3.63, 3.8) is 0 Å². The first-order valence-electron chi connectivity index (χ1n) is 6.11. The van der Waals surface area contributed by atoms with Crippen LogP contribution in [0.5, 0.6) is 0 Å². The van der Waals surface area contributed by atoms with Gasteiger partial charge >= 0.3 is 0 Å². The molecular weight excluding hydrogens is 292 g/mol. The van der Waals surface area contributed by atoms with E-state index in [0.717, 1.165) is 22.5 Å². The normalized spacial score (nSPS) is 10.9. The number of para-hydroxylation sites is 2. The second-order valence-corrected chi connectivity index (χ2v) is 5.50. The summed E-state index contributed by atoms with van der Waals surface area (Å²) in [6.07, 6.45) is 1.63. The SMILES string of the molecule is CN(C)c1ccccc1-n1c(=S)[nH]c2cc(Cl)cnc21. The fraction of sp³-hybridized carbons (Fsp3) is 0.143. The number of aromatic nitrogens is 3. The van der Waals surface area contributed by atoms with Gasteiger partial charge in [-0.15, -0.1) is 0 Å². The molecule has 2 aromatic heterocycles. The van der Waals surface area contributed by atoms with E-state index < -0.39 is 0 Å². The predicted molar refractivity (Wildman–Crippen MR) is 85.6 cm³/mol. The third-order valence-electron chi connectivity index (χ3n) is 3.09. The Morgan fingerprint density at radius 1 is 1.30 bits per heavy atom. The second kappa shape index (κ2) is 4.92. The van der Waals surface area contributed by atoms with Gasteiger partial charge in [-0.3, -0.25) is 4.57 Å². The molecule has 0 spiro atoms. The number of aromatic amines is 1. The molecule has 4 nitrogen and oxygen atoms in total. The molecule has 0 saturated heterocycles. The van der Waals surface area contributed by atoms with Crippen LogP contribution in [0.25, 0.3) is 16.9 Å². The molecule has 0 fully saturated rings. The molecule has 1 aromatic carbocycles. The minimum absolute atomic E-state index is 0.585. The average Bonchev–Trinajstić information content (AvgIpc) is 2.73. The molecule has 0 aliphatic carbocycles. The summed E-state index contributed by atoms with van der Waals surface area (Å²) in [5.41, 5.74) is 3.66. The fourth-order valence-electron chi connectivity index (χ4n) is 2.22. The van der Waals surface area contributed by atoms with Gasteiger partial charge in [0.25, 0.3) is 0 Å². The molecule has 0 bridgehead atoms. The van der Waals surface area contributed by atoms with Gasteiger partial charge in [0.1, 0.15) is 0 Å². The minimum atomic E-state index is 0.585. The van der Waals surface area contributed by atoms with E-state index in [-0.39, 0.29) is 0 Å². The van der Waals surface area contributed by atoms with Gasteiger partial charge < -0.3 is 9.88 Å². The van der Waals surface area contributed by atoms with Crippen LogP contribution in [0.15, 0.2) is 36.5 Å². The summed E-state index contributed by atoms with van der Waals surface area (Å²) in [7, 11) is 4.00. The fourth-order valence-corrected chi connectivity index (χ4v) is 2.68. The third-order valence-corrected chi connectivity index (χ3v) is 3.59. The van der Waals surface area contributed by atoms with E-state index in [1.165, 1.54) is 0 Å². The number of halogens is 1. The lowest BCUT2D eigenvalue weighted by Gasteiger charge is -2.17. The maximum absolute atomic E-state index is 5.97. The van der Waals surface area contributed by atoms with Crippen LogP contribution in [0.4, 0.5) is 5.69 Å². The highest BCUT2D eigenvalue weighted by Gasteiger charge is 2.12. The smallest absolute Gasteiger partial charge is 0.184 e. The number of nitrogens with one attached hydrogen (secondary N) is 1. The topological polar surface area (TPSA) is 36.9 Å². The van der Waals surface area contributed by atoms with E-state index in [1.54, 1.807) is 6.20 Å². The number of hydrogen-bond donors (Lipinski definition) is 1. The van der Waals surface area contributed by atoms with Crippen LogP contribution in [0, 0.1) is 4.77 Å². The summed E-state index contributed by atoms with van der Waals surface area (Å²) in [5.74, 6) is 0. The quantitative estimate of drug-likeness (QED) is 0.732. The summed E-state index contributed by atoms with van der Waals surface area (Å²) < 4.78 is 2.53. The highest BCUT2D eigenvalue weighted by molar-refractivity contribution is 7.71. The lowest BCUT2D eigenvalue weighted by Crippen LogP contribution is -2.12. The highest BCUT2D eigenvalue weighted by Crippen LogP contribution is 2.26. The number of benzene rings is 1. The summed E-state index contributed by atoms with van der Waals surface area (Å²) >= 11 is 11.4.